The van der Waals surface area contributed by atoms with E-state index in [2.05, 4.69) is 179 Å². The molecule has 11 aromatic rings. The third-order valence-electron chi connectivity index (χ3n) is 10.5. The summed E-state index contributed by atoms with van der Waals surface area (Å²) < 4.78 is 11.1. The Balaban J connectivity index is 1.15. The Hall–Kier alpha value is -6.84. The normalized spacial score (nSPS) is 11.9. The lowest BCUT2D eigenvalue weighted by atomic mass is 9.99. The molecule has 0 spiro atoms. The van der Waals surface area contributed by atoms with Gasteiger partial charge in [0.05, 0.1) is 22.1 Å². The van der Waals surface area contributed by atoms with Crippen molar-refractivity contribution in [1.82, 2.24) is 9.13 Å². The Morgan fingerprint density at radius 3 is 1.49 bits per heavy atom. The van der Waals surface area contributed by atoms with E-state index in [0.29, 0.717) is 0 Å². The van der Waals surface area contributed by atoms with Gasteiger partial charge in [-0.3, -0.25) is 0 Å². The zero-order valence-corrected chi connectivity index (χ0v) is 27.6. The van der Waals surface area contributed by atoms with Gasteiger partial charge in [-0.25, -0.2) is 0 Å². The molecule has 3 aromatic heterocycles. The van der Waals surface area contributed by atoms with Crippen LogP contribution >= 0.6 is 0 Å². The predicted molar refractivity (Wildman–Crippen MR) is 213 cm³/mol. The summed E-state index contributed by atoms with van der Waals surface area (Å²) >= 11 is 0. The second-order valence-corrected chi connectivity index (χ2v) is 13.4. The van der Waals surface area contributed by atoms with Gasteiger partial charge in [0.15, 0.2) is 0 Å². The summed E-state index contributed by atoms with van der Waals surface area (Å²) in [6, 6.07) is 65.6. The molecule has 0 aliphatic carbocycles. The van der Waals surface area contributed by atoms with E-state index in [9.17, 15) is 0 Å². The van der Waals surface area contributed by atoms with Crippen molar-refractivity contribution >= 4 is 65.6 Å². The zero-order valence-electron chi connectivity index (χ0n) is 27.6. The van der Waals surface area contributed by atoms with Crippen LogP contribution in [0.3, 0.4) is 0 Å². The number of rotatable bonds is 4. The first-order valence-corrected chi connectivity index (χ1v) is 17.4. The van der Waals surface area contributed by atoms with Gasteiger partial charge in [0, 0.05) is 43.7 Å². The fourth-order valence-corrected chi connectivity index (χ4v) is 8.17. The molecule has 238 valence electrons. The number of hydrogen-bond donors (Lipinski definition) is 0. The van der Waals surface area contributed by atoms with E-state index in [1.54, 1.807) is 0 Å². The highest BCUT2D eigenvalue weighted by Gasteiger charge is 2.19. The second kappa shape index (κ2) is 10.8. The molecule has 0 aliphatic rings. The van der Waals surface area contributed by atoms with Crippen molar-refractivity contribution in [3.8, 4) is 33.6 Å². The van der Waals surface area contributed by atoms with Crippen LogP contribution in [0.5, 0.6) is 0 Å². The van der Waals surface area contributed by atoms with Crippen LogP contribution in [0.1, 0.15) is 0 Å². The van der Waals surface area contributed by atoms with Crippen LogP contribution in [-0.4, -0.2) is 9.13 Å². The molecule has 0 fully saturated rings. The molecule has 0 amide bonds. The maximum absolute atomic E-state index is 6.20. The SMILES string of the molecule is c1ccc(-c2cccc(-c3cccc(-n4c5ccccc5c5cc6c(cc54)c4ccccc4n6-c4ccc5oc6ccccc6c5c4)c3)c2)cc1. The standard InChI is InChI=1S/C48H30N2O/c1-2-12-31(13-3-1)32-14-10-15-33(26-32)34-16-11-17-35(27-34)49-43-21-7-4-18-37(43)40-30-46-41(29-45(40)49)38-19-5-8-22-44(38)50(46)36-24-25-48-42(28-36)39-20-6-9-23-47(39)51-48/h1-30H. The van der Waals surface area contributed by atoms with Crippen molar-refractivity contribution in [2.75, 3.05) is 0 Å². The number of fused-ring (bicyclic) bond motifs is 9. The molecule has 3 heterocycles. The summed E-state index contributed by atoms with van der Waals surface area (Å²) in [5.41, 5.74) is 13.7. The van der Waals surface area contributed by atoms with Gasteiger partial charge in [0.25, 0.3) is 0 Å². The number of nitrogens with zero attached hydrogens (tertiary/aromatic N) is 2. The van der Waals surface area contributed by atoms with Gasteiger partial charge in [0.2, 0.25) is 0 Å². The number of para-hydroxylation sites is 3. The summed E-state index contributed by atoms with van der Waals surface area (Å²) in [7, 11) is 0. The lowest BCUT2D eigenvalue weighted by molar-refractivity contribution is 0.669. The Bertz CT molecular complexity index is 3140. The molecule has 0 unspecified atom stereocenters. The minimum absolute atomic E-state index is 0.903. The Morgan fingerprint density at radius 2 is 0.784 bits per heavy atom. The minimum Gasteiger partial charge on any atom is -0.456 e. The molecule has 0 atom stereocenters. The number of furan rings is 1. The lowest BCUT2D eigenvalue weighted by Gasteiger charge is -2.12. The molecule has 0 aliphatic heterocycles. The van der Waals surface area contributed by atoms with Gasteiger partial charge in [-0.05, 0) is 89.0 Å². The molecule has 8 aromatic carbocycles. The van der Waals surface area contributed by atoms with Gasteiger partial charge < -0.3 is 13.6 Å². The smallest absolute Gasteiger partial charge is 0.135 e. The molecular weight excluding hydrogens is 621 g/mol. The highest BCUT2D eigenvalue weighted by atomic mass is 16.3. The lowest BCUT2D eigenvalue weighted by Crippen LogP contribution is -1.95. The van der Waals surface area contributed by atoms with Crippen molar-refractivity contribution in [3.05, 3.63) is 182 Å². The third-order valence-corrected chi connectivity index (χ3v) is 10.5. The van der Waals surface area contributed by atoms with E-state index < -0.39 is 0 Å². The van der Waals surface area contributed by atoms with Crippen molar-refractivity contribution in [2.24, 2.45) is 0 Å². The van der Waals surface area contributed by atoms with Crippen LogP contribution in [0.15, 0.2) is 186 Å². The van der Waals surface area contributed by atoms with Crippen LogP contribution in [-0.2, 0) is 0 Å². The molecule has 0 radical (unpaired) electrons. The highest BCUT2D eigenvalue weighted by Crippen LogP contribution is 2.41. The van der Waals surface area contributed by atoms with E-state index in [-0.39, 0.29) is 0 Å². The molecule has 0 saturated heterocycles. The molecular formula is C48H30N2O. The van der Waals surface area contributed by atoms with Crippen molar-refractivity contribution < 1.29 is 4.42 Å². The molecule has 0 N–H and O–H groups in total. The topological polar surface area (TPSA) is 23.0 Å². The van der Waals surface area contributed by atoms with E-state index >= 15 is 0 Å². The van der Waals surface area contributed by atoms with Crippen LogP contribution < -0.4 is 0 Å². The van der Waals surface area contributed by atoms with Gasteiger partial charge in [-0.2, -0.15) is 0 Å². The maximum Gasteiger partial charge on any atom is 0.135 e. The number of hydrogen-bond acceptors (Lipinski definition) is 1. The largest absolute Gasteiger partial charge is 0.456 e. The second-order valence-electron chi connectivity index (χ2n) is 13.4. The van der Waals surface area contributed by atoms with Crippen LogP contribution in [0.2, 0.25) is 0 Å². The monoisotopic (exact) mass is 650 g/mol. The van der Waals surface area contributed by atoms with Gasteiger partial charge >= 0.3 is 0 Å². The summed E-state index contributed by atoms with van der Waals surface area (Å²) in [6.07, 6.45) is 0. The van der Waals surface area contributed by atoms with E-state index in [0.717, 1.165) is 33.3 Å². The highest BCUT2D eigenvalue weighted by molar-refractivity contribution is 6.19. The predicted octanol–water partition coefficient (Wildman–Crippen LogP) is 13.1. The molecule has 51 heavy (non-hydrogen) atoms. The summed E-state index contributed by atoms with van der Waals surface area (Å²) in [5, 5.41) is 7.18. The fourth-order valence-electron chi connectivity index (χ4n) is 8.17. The minimum atomic E-state index is 0.903. The Morgan fingerprint density at radius 1 is 0.275 bits per heavy atom. The van der Waals surface area contributed by atoms with Gasteiger partial charge in [-0.1, -0.05) is 115 Å². The average Bonchev–Trinajstić information content (AvgIpc) is 3.84. The van der Waals surface area contributed by atoms with Crippen LogP contribution in [0, 0.1) is 0 Å². The summed E-state index contributed by atoms with van der Waals surface area (Å²) in [5.74, 6) is 0. The fraction of sp³-hybridized carbons (Fsp3) is 0. The third kappa shape index (κ3) is 4.25. The van der Waals surface area contributed by atoms with Crippen molar-refractivity contribution in [2.45, 2.75) is 0 Å². The average molecular weight is 651 g/mol. The van der Waals surface area contributed by atoms with E-state index in [4.69, 9.17) is 4.42 Å². The van der Waals surface area contributed by atoms with E-state index in [1.165, 1.54) is 65.9 Å². The molecule has 3 heteroatoms. The first-order chi connectivity index (χ1) is 25.3. The first-order valence-electron chi connectivity index (χ1n) is 17.4. The number of aromatic nitrogens is 2. The van der Waals surface area contributed by atoms with Crippen molar-refractivity contribution in [1.29, 1.82) is 0 Å². The van der Waals surface area contributed by atoms with Crippen molar-refractivity contribution in [3.63, 3.8) is 0 Å². The van der Waals surface area contributed by atoms with Crippen LogP contribution in [0.4, 0.5) is 0 Å². The zero-order chi connectivity index (χ0) is 33.5. The Kier molecular flexibility index (Phi) is 5.96. The number of benzene rings is 8. The molecule has 11 rings (SSSR count). The molecule has 0 bridgehead atoms. The molecule has 3 nitrogen and oxygen atoms in total. The summed E-state index contributed by atoms with van der Waals surface area (Å²) in [4.78, 5) is 0. The van der Waals surface area contributed by atoms with Crippen LogP contribution in [0.25, 0.3) is 99.2 Å². The van der Waals surface area contributed by atoms with E-state index in [1.807, 2.05) is 12.1 Å². The first kappa shape index (κ1) is 28.0. The molecule has 0 saturated carbocycles. The van der Waals surface area contributed by atoms with Gasteiger partial charge in [-0.15, -0.1) is 0 Å². The maximum atomic E-state index is 6.20. The quantitative estimate of drug-likeness (QED) is 0.186. The van der Waals surface area contributed by atoms with Gasteiger partial charge in [0.1, 0.15) is 11.2 Å². The summed E-state index contributed by atoms with van der Waals surface area (Å²) in [6.45, 7) is 0. The Labute approximate surface area is 293 Å².